The first kappa shape index (κ1) is 12.9. The minimum Gasteiger partial charge on any atom is -0.390 e. The molecule has 3 N–H and O–H groups in total. The SMILES string of the molecule is CC1CC(C)(O)C(CNS(C)(=O)=O)CN1. The van der Waals surface area contributed by atoms with Crippen LogP contribution in [0.1, 0.15) is 20.3 Å². The molecule has 0 saturated carbocycles. The zero-order chi connectivity index (χ0) is 11.7. The minimum atomic E-state index is -3.18. The van der Waals surface area contributed by atoms with Gasteiger partial charge in [0.1, 0.15) is 0 Å². The highest BCUT2D eigenvalue weighted by Crippen LogP contribution is 2.26. The van der Waals surface area contributed by atoms with E-state index in [1.807, 2.05) is 6.92 Å². The van der Waals surface area contributed by atoms with Gasteiger partial charge >= 0.3 is 0 Å². The summed E-state index contributed by atoms with van der Waals surface area (Å²) in [5, 5.41) is 13.4. The molecule has 0 spiro atoms. The molecule has 5 nitrogen and oxygen atoms in total. The second-order valence-corrected chi connectivity index (χ2v) is 6.52. The second kappa shape index (κ2) is 4.37. The summed E-state index contributed by atoms with van der Waals surface area (Å²) < 4.78 is 24.3. The third-order valence-corrected chi connectivity index (χ3v) is 3.59. The van der Waals surface area contributed by atoms with Gasteiger partial charge in [0.15, 0.2) is 0 Å². The number of piperidine rings is 1. The molecule has 0 aromatic heterocycles. The number of hydrogen-bond acceptors (Lipinski definition) is 4. The summed E-state index contributed by atoms with van der Waals surface area (Å²) in [5.74, 6) is -0.0802. The predicted molar refractivity (Wildman–Crippen MR) is 59.0 cm³/mol. The van der Waals surface area contributed by atoms with E-state index in [1.165, 1.54) is 0 Å². The lowest BCUT2D eigenvalue weighted by Crippen LogP contribution is -2.55. The summed E-state index contributed by atoms with van der Waals surface area (Å²) >= 11 is 0. The number of nitrogens with one attached hydrogen (secondary N) is 2. The summed E-state index contributed by atoms with van der Waals surface area (Å²) in [4.78, 5) is 0. The van der Waals surface area contributed by atoms with Crippen LogP contribution in [-0.2, 0) is 10.0 Å². The molecule has 1 rings (SSSR count). The molecule has 1 saturated heterocycles. The van der Waals surface area contributed by atoms with Crippen LogP contribution in [-0.4, -0.2) is 44.5 Å². The smallest absolute Gasteiger partial charge is 0.208 e. The molecule has 0 amide bonds. The van der Waals surface area contributed by atoms with Crippen molar-refractivity contribution in [3.63, 3.8) is 0 Å². The average molecular weight is 236 g/mol. The van der Waals surface area contributed by atoms with E-state index in [0.717, 1.165) is 6.26 Å². The Bertz CT molecular complexity index is 313. The highest BCUT2D eigenvalue weighted by Gasteiger charge is 2.37. The fourth-order valence-electron chi connectivity index (χ4n) is 1.97. The molecule has 0 radical (unpaired) electrons. The molecule has 3 atom stereocenters. The van der Waals surface area contributed by atoms with Gasteiger partial charge in [-0.2, -0.15) is 0 Å². The molecule has 0 aliphatic carbocycles. The number of sulfonamides is 1. The maximum absolute atomic E-state index is 10.9. The van der Waals surface area contributed by atoms with Crippen molar-refractivity contribution >= 4 is 10.0 Å². The first-order valence-corrected chi connectivity index (χ1v) is 7.00. The van der Waals surface area contributed by atoms with E-state index in [4.69, 9.17) is 0 Å². The van der Waals surface area contributed by atoms with E-state index >= 15 is 0 Å². The molecule has 6 heteroatoms. The molecule has 1 fully saturated rings. The van der Waals surface area contributed by atoms with E-state index in [1.54, 1.807) is 6.92 Å². The molecule has 1 aliphatic heterocycles. The van der Waals surface area contributed by atoms with E-state index < -0.39 is 15.6 Å². The van der Waals surface area contributed by atoms with Gasteiger partial charge in [-0.3, -0.25) is 0 Å². The Morgan fingerprint density at radius 1 is 1.60 bits per heavy atom. The van der Waals surface area contributed by atoms with Gasteiger partial charge in [0.2, 0.25) is 10.0 Å². The van der Waals surface area contributed by atoms with Crippen LogP contribution in [0.15, 0.2) is 0 Å². The molecule has 3 unspecified atom stereocenters. The zero-order valence-corrected chi connectivity index (χ0v) is 10.3. The maximum atomic E-state index is 10.9. The predicted octanol–water partition coefficient (Wildman–Crippen LogP) is -0.715. The van der Waals surface area contributed by atoms with Crippen molar-refractivity contribution in [2.75, 3.05) is 19.3 Å². The summed E-state index contributed by atoms with van der Waals surface area (Å²) in [6.07, 6.45) is 1.77. The second-order valence-electron chi connectivity index (χ2n) is 4.69. The number of rotatable bonds is 3. The Balaban J connectivity index is 2.55. The topological polar surface area (TPSA) is 78.4 Å². The summed E-state index contributed by atoms with van der Waals surface area (Å²) in [7, 11) is -3.18. The Morgan fingerprint density at radius 3 is 2.67 bits per heavy atom. The first-order chi connectivity index (χ1) is 6.71. The van der Waals surface area contributed by atoms with Crippen molar-refractivity contribution in [3.05, 3.63) is 0 Å². The fraction of sp³-hybridized carbons (Fsp3) is 1.00. The minimum absolute atomic E-state index is 0.0802. The van der Waals surface area contributed by atoms with Crippen LogP contribution in [0.2, 0.25) is 0 Å². The molecule has 15 heavy (non-hydrogen) atoms. The third kappa shape index (κ3) is 4.06. The summed E-state index contributed by atoms with van der Waals surface area (Å²) in [6, 6.07) is 0.273. The third-order valence-electron chi connectivity index (χ3n) is 2.90. The van der Waals surface area contributed by atoms with Crippen LogP contribution in [0.25, 0.3) is 0 Å². The Labute approximate surface area is 91.3 Å². The molecular weight excluding hydrogens is 216 g/mol. The molecule has 1 aliphatic rings. The fourth-order valence-corrected chi connectivity index (χ4v) is 2.47. The number of hydrogen-bond donors (Lipinski definition) is 3. The molecule has 0 aromatic carbocycles. The van der Waals surface area contributed by atoms with Gasteiger partial charge in [0.05, 0.1) is 11.9 Å². The lowest BCUT2D eigenvalue weighted by atomic mass is 9.80. The van der Waals surface area contributed by atoms with E-state index in [2.05, 4.69) is 10.0 Å². The van der Waals surface area contributed by atoms with Crippen molar-refractivity contribution in [3.8, 4) is 0 Å². The lowest BCUT2D eigenvalue weighted by molar-refractivity contribution is -0.0328. The van der Waals surface area contributed by atoms with Gasteiger partial charge in [-0.1, -0.05) is 0 Å². The van der Waals surface area contributed by atoms with E-state index in [0.29, 0.717) is 13.0 Å². The molecule has 0 bridgehead atoms. The molecule has 1 heterocycles. The standard InChI is InChI=1S/C9H20N2O3S/c1-7-4-9(2,12)8(5-10-7)6-11-15(3,13)14/h7-8,10-12H,4-6H2,1-3H3. The van der Waals surface area contributed by atoms with Crippen LogP contribution in [0, 0.1) is 5.92 Å². The molecule has 0 aromatic rings. The zero-order valence-electron chi connectivity index (χ0n) is 9.45. The molecular formula is C9H20N2O3S. The van der Waals surface area contributed by atoms with Crippen LogP contribution in [0.3, 0.4) is 0 Å². The highest BCUT2D eigenvalue weighted by atomic mass is 32.2. The van der Waals surface area contributed by atoms with Gasteiger partial charge in [-0.15, -0.1) is 0 Å². The molecule has 90 valence electrons. The van der Waals surface area contributed by atoms with Crippen molar-refractivity contribution in [2.24, 2.45) is 5.92 Å². The van der Waals surface area contributed by atoms with Gasteiger partial charge < -0.3 is 10.4 Å². The van der Waals surface area contributed by atoms with Crippen molar-refractivity contribution in [1.29, 1.82) is 0 Å². The monoisotopic (exact) mass is 236 g/mol. The normalized spacial score (nSPS) is 37.9. The maximum Gasteiger partial charge on any atom is 0.208 e. The van der Waals surface area contributed by atoms with E-state index in [9.17, 15) is 13.5 Å². The van der Waals surface area contributed by atoms with Gasteiger partial charge in [-0.05, 0) is 20.3 Å². The first-order valence-electron chi connectivity index (χ1n) is 5.11. The Morgan fingerprint density at radius 2 is 2.20 bits per heavy atom. The largest absolute Gasteiger partial charge is 0.390 e. The Kier molecular flexibility index (Phi) is 3.76. The van der Waals surface area contributed by atoms with E-state index in [-0.39, 0.29) is 18.5 Å². The van der Waals surface area contributed by atoms with Crippen LogP contribution in [0.4, 0.5) is 0 Å². The van der Waals surface area contributed by atoms with Gasteiger partial charge in [0, 0.05) is 25.0 Å². The van der Waals surface area contributed by atoms with Crippen LogP contribution in [0.5, 0.6) is 0 Å². The number of aliphatic hydroxyl groups is 1. The van der Waals surface area contributed by atoms with Crippen molar-refractivity contribution in [2.45, 2.75) is 31.9 Å². The average Bonchev–Trinajstić information content (AvgIpc) is 1.98. The lowest BCUT2D eigenvalue weighted by Gasteiger charge is -2.40. The Hall–Kier alpha value is -0.170. The van der Waals surface area contributed by atoms with Crippen LogP contribution >= 0.6 is 0 Å². The summed E-state index contributed by atoms with van der Waals surface area (Å²) in [6.45, 7) is 4.69. The van der Waals surface area contributed by atoms with Gasteiger partial charge in [0.25, 0.3) is 0 Å². The van der Waals surface area contributed by atoms with Crippen LogP contribution < -0.4 is 10.0 Å². The highest BCUT2D eigenvalue weighted by molar-refractivity contribution is 7.88. The quantitative estimate of drug-likeness (QED) is 0.604. The summed E-state index contributed by atoms with van der Waals surface area (Å²) in [5.41, 5.74) is -0.803. The van der Waals surface area contributed by atoms with Crippen molar-refractivity contribution in [1.82, 2.24) is 10.0 Å². The van der Waals surface area contributed by atoms with Gasteiger partial charge in [-0.25, -0.2) is 13.1 Å². The van der Waals surface area contributed by atoms with Crippen molar-refractivity contribution < 1.29 is 13.5 Å².